The number of aromatic nitrogens is 1. The van der Waals surface area contributed by atoms with Crippen LogP contribution in [0.5, 0.6) is 5.75 Å². The zero-order chi connectivity index (χ0) is 13.4. The fraction of sp³-hybridized carbons (Fsp3) is 0.286. The predicted molar refractivity (Wildman–Crippen MR) is 49.9 cm³/mol. The molecule has 3 N–H and O–H groups in total. The Kier molecular flexibility index (Phi) is 3.21. The van der Waals surface area contributed by atoms with Gasteiger partial charge in [-0.05, 0) is 6.92 Å². The van der Waals surface area contributed by atoms with Gasteiger partial charge >= 0.3 is 6.36 Å². The summed E-state index contributed by atoms with van der Waals surface area (Å²) in [6, 6.07) is 0.420. The van der Waals surface area contributed by atoms with E-state index in [1.165, 1.54) is 0 Å². The second-order valence-electron chi connectivity index (χ2n) is 3.04. The largest absolute Gasteiger partial charge is 0.573 e. The highest BCUT2D eigenvalue weighted by atomic mass is 32.2. The molecule has 1 aromatic heterocycles. The third-order valence-electron chi connectivity index (χ3n) is 1.66. The van der Waals surface area contributed by atoms with Crippen molar-refractivity contribution in [3.63, 3.8) is 0 Å². The quantitative estimate of drug-likeness (QED) is 0.804. The zero-order valence-corrected chi connectivity index (χ0v) is 9.15. The highest BCUT2D eigenvalue weighted by Gasteiger charge is 2.33. The van der Waals surface area contributed by atoms with E-state index < -0.39 is 32.6 Å². The summed E-state index contributed by atoms with van der Waals surface area (Å²) in [6.07, 6.45) is -5.04. The van der Waals surface area contributed by atoms with Crippen LogP contribution in [0.1, 0.15) is 5.69 Å². The fourth-order valence-corrected chi connectivity index (χ4v) is 1.61. The van der Waals surface area contributed by atoms with Gasteiger partial charge in [-0.15, -0.1) is 13.2 Å². The molecular formula is C7H7F3N2O4S. The summed E-state index contributed by atoms with van der Waals surface area (Å²) in [6.45, 7) is 1.05. The Hall–Kier alpha value is -1.55. The number of sulfonamides is 1. The van der Waals surface area contributed by atoms with Crippen LogP contribution in [-0.4, -0.2) is 19.8 Å². The lowest BCUT2D eigenvalue weighted by atomic mass is 10.3. The first-order chi connectivity index (χ1) is 7.50. The van der Waals surface area contributed by atoms with E-state index in [1.807, 2.05) is 4.98 Å². The third-order valence-corrected chi connectivity index (χ3v) is 2.49. The van der Waals surface area contributed by atoms with Crippen LogP contribution < -0.4 is 15.3 Å². The number of primary sulfonamides is 1. The first-order valence-electron chi connectivity index (χ1n) is 4.03. The third kappa shape index (κ3) is 3.46. The number of pyridine rings is 1. The van der Waals surface area contributed by atoms with Gasteiger partial charge in [-0.3, -0.25) is 4.79 Å². The van der Waals surface area contributed by atoms with E-state index >= 15 is 0 Å². The second kappa shape index (κ2) is 4.04. The number of nitrogens with one attached hydrogen (secondary N) is 1. The molecule has 0 fully saturated rings. The normalized spacial score (nSPS) is 12.5. The molecule has 0 unspecified atom stereocenters. The topological polar surface area (TPSA) is 102 Å². The van der Waals surface area contributed by atoms with E-state index in [2.05, 4.69) is 4.74 Å². The van der Waals surface area contributed by atoms with Crippen LogP contribution in [0.2, 0.25) is 0 Å². The van der Waals surface area contributed by atoms with Crippen molar-refractivity contribution in [3.05, 3.63) is 22.0 Å². The summed E-state index contributed by atoms with van der Waals surface area (Å²) < 4.78 is 61.0. The molecule has 0 radical (unpaired) electrons. The Labute approximate surface area is 93.3 Å². The van der Waals surface area contributed by atoms with Crippen LogP contribution in [0, 0.1) is 6.92 Å². The average molecular weight is 272 g/mol. The molecule has 17 heavy (non-hydrogen) atoms. The number of aromatic amines is 1. The maximum Gasteiger partial charge on any atom is 0.573 e. The molecule has 0 aliphatic carbocycles. The number of aryl methyl sites for hydroxylation is 1. The highest BCUT2D eigenvalue weighted by molar-refractivity contribution is 7.89. The number of hydrogen-bond acceptors (Lipinski definition) is 4. The SMILES string of the molecule is Cc1[nH]c(S(N)(=O)=O)cc(=O)c1OC(F)(F)F. The number of rotatable bonds is 2. The zero-order valence-electron chi connectivity index (χ0n) is 8.33. The molecule has 96 valence electrons. The lowest BCUT2D eigenvalue weighted by Crippen LogP contribution is -2.25. The lowest BCUT2D eigenvalue weighted by molar-refractivity contribution is -0.275. The summed E-state index contributed by atoms with van der Waals surface area (Å²) >= 11 is 0. The molecule has 0 saturated carbocycles. The molecule has 1 heterocycles. The molecule has 1 rings (SSSR count). The minimum absolute atomic E-state index is 0.390. The van der Waals surface area contributed by atoms with Crippen LogP contribution >= 0.6 is 0 Å². The van der Waals surface area contributed by atoms with E-state index in [4.69, 9.17) is 5.14 Å². The first-order valence-corrected chi connectivity index (χ1v) is 5.58. The average Bonchev–Trinajstić information content (AvgIpc) is 2.07. The van der Waals surface area contributed by atoms with Crippen molar-refractivity contribution in [2.45, 2.75) is 18.3 Å². The van der Waals surface area contributed by atoms with Gasteiger partial charge in [-0.25, -0.2) is 13.6 Å². The van der Waals surface area contributed by atoms with Gasteiger partial charge in [0.2, 0.25) is 5.43 Å². The summed E-state index contributed by atoms with van der Waals surface area (Å²) in [4.78, 5) is 13.3. The molecule has 1 aromatic rings. The van der Waals surface area contributed by atoms with Gasteiger partial charge < -0.3 is 9.72 Å². The Morgan fingerprint density at radius 3 is 2.29 bits per heavy atom. The van der Waals surface area contributed by atoms with Gasteiger partial charge in [0, 0.05) is 6.07 Å². The van der Waals surface area contributed by atoms with Crippen molar-refractivity contribution in [3.8, 4) is 5.75 Å². The Bertz CT molecular complexity index is 590. The molecule has 10 heteroatoms. The summed E-state index contributed by atoms with van der Waals surface area (Å²) in [5, 5.41) is 4.03. The fourth-order valence-electron chi connectivity index (χ4n) is 1.04. The lowest BCUT2D eigenvalue weighted by Gasteiger charge is -2.11. The molecule has 0 aliphatic rings. The second-order valence-corrected chi connectivity index (χ2v) is 4.57. The molecule has 0 aromatic carbocycles. The molecular weight excluding hydrogens is 265 g/mol. The highest BCUT2D eigenvalue weighted by Crippen LogP contribution is 2.22. The molecule has 0 saturated heterocycles. The van der Waals surface area contributed by atoms with E-state index in [-0.39, 0.29) is 5.69 Å². The molecule has 0 spiro atoms. The van der Waals surface area contributed by atoms with Gasteiger partial charge in [0.1, 0.15) is 0 Å². The van der Waals surface area contributed by atoms with Crippen molar-refractivity contribution in [2.75, 3.05) is 0 Å². The number of ether oxygens (including phenoxy) is 1. The van der Waals surface area contributed by atoms with Crippen molar-refractivity contribution < 1.29 is 26.3 Å². The van der Waals surface area contributed by atoms with Crippen molar-refractivity contribution >= 4 is 10.0 Å². The van der Waals surface area contributed by atoms with Gasteiger partial charge in [0.15, 0.2) is 10.8 Å². The first kappa shape index (κ1) is 13.5. The Balaban J connectivity index is 3.36. The smallest absolute Gasteiger partial charge is 0.400 e. The standard InChI is InChI=1S/C7H7F3N2O4S/c1-3-6(16-7(8,9)10)4(13)2-5(12-3)17(11,14)15/h2H,1H3,(H,12,13)(H2,11,14,15). The minimum Gasteiger partial charge on any atom is -0.400 e. The van der Waals surface area contributed by atoms with Crippen LogP contribution in [-0.2, 0) is 10.0 Å². The van der Waals surface area contributed by atoms with Crippen molar-refractivity contribution in [2.24, 2.45) is 5.14 Å². The van der Waals surface area contributed by atoms with Crippen LogP contribution in [0.25, 0.3) is 0 Å². The number of nitrogens with two attached hydrogens (primary N) is 1. The van der Waals surface area contributed by atoms with Crippen LogP contribution in [0.15, 0.2) is 15.9 Å². The monoisotopic (exact) mass is 272 g/mol. The number of H-pyrrole nitrogens is 1. The molecule has 0 aliphatic heterocycles. The maximum absolute atomic E-state index is 11.9. The van der Waals surface area contributed by atoms with Crippen molar-refractivity contribution in [1.29, 1.82) is 0 Å². The maximum atomic E-state index is 11.9. The molecule has 0 amide bonds. The summed E-state index contributed by atoms with van der Waals surface area (Å²) in [5.74, 6) is -1.02. The van der Waals surface area contributed by atoms with E-state index in [0.29, 0.717) is 6.07 Å². The Morgan fingerprint density at radius 1 is 1.41 bits per heavy atom. The van der Waals surface area contributed by atoms with E-state index in [9.17, 15) is 26.4 Å². The van der Waals surface area contributed by atoms with Gasteiger partial charge in [-0.1, -0.05) is 0 Å². The van der Waals surface area contributed by atoms with Crippen LogP contribution in [0.4, 0.5) is 13.2 Å². The summed E-state index contributed by atoms with van der Waals surface area (Å²) in [7, 11) is -4.20. The van der Waals surface area contributed by atoms with Gasteiger partial charge in [0.05, 0.1) is 5.69 Å². The minimum atomic E-state index is -5.04. The van der Waals surface area contributed by atoms with E-state index in [0.717, 1.165) is 6.92 Å². The van der Waals surface area contributed by atoms with E-state index in [1.54, 1.807) is 0 Å². The number of alkyl halides is 3. The number of halogens is 3. The van der Waals surface area contributed by atoms with Crippen molar-refractivity contribution in [1.82, 2.24) is 4.98 Å². The van der Waals surface area contributed by atoms with Crippen LogP contribution in [0.3, 0.4) is 0 Å². The van der Waals surface area contributed by atoms with Gasteiger partial charge in [0.25, 0.3) is 10.0 Å². The Morgan fingerprint density at radius 2 is 1.94 bits per heavy atom. The molecule has 0 atom stereocenters. The summed E-state index contributed by atoms with van der Waals surface area (Å²) in [5.41, 5.74) is -1.62. The molecule has 0 bridgehead atoms. The van der Waals surface area contributed by atoms with Gasteiger partial charge in [-0.2, -0.15) is 0 Å². The number of hydrogen-bond donors (Lipinski definition) is 2. The predicted octanol–water partition coefficient (Wildman–Crippen LogP) is 0.229. The molecule has 6 nitrogen and oxygen atoms in total.